The van der Waals surface area contributed by atoms with Crippen molar-refractivity contribution in [1.29, 1.82) is 0 Å². The minimum absolute atomic E-state index is 0.173. The van der Waals surface area contributed by atoms with Gasteiger partial charge in [-0.15, -0.1) is 0 Å². The van der Waals surface area contributed by atoms with Crippen molar-refractivity contribution >= 4 is 14.0 Å². The highest BCUT2D eigenvalue weighted by molar-refractivity contribution is 6.74. The summed E-state index contributed by atoms with van der Waals surface area (Å²) in [5, 5.41) is 14.4. The van der Waals surface area contributed by atoms with Crippen molar-refractivity contribution in [1.82, 2.24) is 5.32 Å². The van der Waals surface area contributed by atoms with Gasteiger partial charge in [-0.25, -0.2) is 0 Å². The molecule has 1 spiro atoms. The van der Waals surface area contributed by atoms with E-state index >= 15 is 0 Å². The van der Waals surface area contributed by atoms with Gasteiger partial charge >= 0.3 is 0 Å². The molecule has 1 aromatic rings. The van der Waals surface area contributed by atoms with E-state index in [4.69, 9.17) is 4.43 Å². The van der Waals surface area contributed by atoms with Crippen molar-refractivity contribution in [2.45, 2.75) is 63.3 Å². The number of aliphatic hydroxyl groups is 1. The minimum atomic E-state index is -1.82. The fourth-order valence-corrected chi connectivity index (χ4v) is 5.10. The Labute approximate surface area is 160 Å². The van der Waals surface area contributed by atoms with Gasteiger partial charge in [-0.2, -0.15) is 0 Å². The number of hydrogen-bond acceptors (Lipinski definition) is 4. The van der Waals surface area contributed by atoms with Crippen LogP contribution in [-0.2, 0) is 9.84 Å². The summed E-state index contributed by atoms with van der Waals surface area (Å²) in [6.07, 6.45) is 1.91. The van der Waals surface area contributed by atoms with E-state index in [2.05, 4.69) is 68.3 Å². The zero-order valence-corrected chi connectivity index (χ0v) is 18.1. The van der Waals surface area contributed by atoms with Crippen LogP contribution in [0, 0.1) is 0 Å². The molecule has 2 N–H and O–H groups in total. The van der Waals surface area contributed by atoms with E-state index in [-0.39, 0.29) is 10.5 Å². The first-order valence-electron chi connectivity index (χ1n) is 10.0. The fraction of sp³-hybridized carbons (Fsp3) is 0.714. The summed E-state index contributed by atoms with van der Waals surface area (Å²) in [5.74, 6) is 0. The summed E-state index contributed by atoms with van der Waals surface area (Å²) >= 11 is 0. The molecular formula is C21H36N2O2Si. The van der Waals surface area contributed by atoms with Crippen LogP contribution in [0.25, 0.3) is 0 Å². The third kappa shape index (κ3) is 3.86. The molecule has 5 heteroatoms. The molecule has 26 heavy (non-hydrogen) atoms. The Kier molecular flexibility index (Phi) is 5.55. The number of nitrogens with zero attached hydrogens (tertiary/aromatic N) is 1. The number of aliphatic hydroxyl groups excluding tert-OH is 1. The standard InChI is InChI=1S/C21H36N2O2Si/c1-20(2,3)26(4,5)25-15-17(24)14-23-16-21(10-12-22-13-11-21)18-8-6-7-9-19(18)23/h6-9,17,22,24H,10-16H2,1-5H3/t17-/m0/s1. The van der Waals surface area contributed by atoms with Gasteiger partial charge in [0.25, 0.3) is 0 Å². The molecule has 1 aromatic carbocycles. The van der Waals surface area contributed by atoms with E-state index in [1.807, 2.05) is 0 Å². The molecule has 0 aliphatic carbocycles. The molecule has 0 bridgehead atoms. The largest absolute Gasteiger partial charge is 0.414 e. The van der Waals surface area contributed by atoms with Crippen molar-refractivity contribution in [2.75, 3.05) is 37.7 Å². The lowest BCUT2D eigenvalue weighted by molar-refractivity contribution is 0.104. The van der Waals surface area contributed by atoms with Gasteiger partial charge in [0.15, 0.2) is 8.32 Å². The van der Waals surface area contributed by atoms with Crippen LogP contribution in [0.15, 0.2) is 24.3 Å². The SMILES string of the molecule is CC(C)(C)[Si](C)(C)OC[C@@H](O)CN1CC2(CCNCC2)c2ccccc21. The highest BCUT2D eigenvalue weighted by Crippen LogP contribution is 2.46. The highest BCUT2D eigenvalue weighted by Gasteiger charge is 2.43. The Hall–Kier alpha value is -0.883. The van der Waals surface area contributed by atoms with E-state index in [9.17, 15) is 5.11 Å². The van der Waals surface area contributed by atoms with Crippen LogP contribution >= 0.6 is 0 Å². The summed E-state index contributed by atoms with van der Waals surface area (Å²) < 4.78 is 6.24. The number of piperidine rings is 1. The molecule has 0 saturated carbocycles. The Morgan fingerprint density at radius 1 is 1.23 bits per heavy atom. The molecule has 2 aliphatic heterocycles. The van der Waals surface area contributed by atoms with Crippen molar-refractivity contribution < 1.29 is 9.53 Å². The maximum absolute atomic E-state index is 10.7. The Balaban J connectivity index is 1.67. The molecule has 0 radical (unpaired) electrons. The molecule has 0 amide bonds. The molecule has 2 aliphatic rings. The first kappa shape index (κ1) is 19.9. The number of β-amino-alcohol motifs (C(OH)–C–C–N with tert-alkyl or cyclic N) is 1. The van der Waals surface area contributed by atoms with Gasteiger partial charge < -0.3 is 19.7 Å². The molecule has 4 nitrogen and oxygen atoms in total. The van der Waals surface area contributed by atoms with Gasteiger partial charge in [-0.3, -0.25) is 0 Å². The predicted molar refractivity (Wildman–Crippen MR) is 112 cm³/mol. The Morgan fingerprint density at radius 2 is 1.88 bits per heavy atom. The zero-order valence-electron chi connectivity index (χ0n) is 17.1. The van der Waals surface area contributed by atoms with E-state index in [1.165, 1.54) is 24.1 Å². The first-order valence-corrected chi connectivity index (χ1v) is 12.9. The van der Waals surface area contributed by atoms with Crippen LogP contribution in [0.3, 0.4) is 0 Å². The normalized spacial score (nSPS) is 21.1. The predicted octanol–water partition coefficient (Wildman–Crippen LogP) is 3.51. The Bertz CT molecular complexity index is 621. The van der Waals surface area contributed by atoms with Crippen LogP contribution in [0.5, 0.6) is 0 Å². The number of nitrogens with one attached hydrogen (secondary N) is 1. The molecule has 1 saturated heterocycles. The van der Waals surface area contributed by atoms with E-state index < -0.39 is 14.4 Å². The summed E-state index contributed by atoms with van der Waals surface area (Å²) in [6, 6.07) is 8.78. The second-order valence-electron chi connectivity index (χ2n) is 9.65. The maximum atomic E-state index is 10.7. The number of para-hydroxylation sites is 1. The van der Waals surface area contributed by atoms with Crippen LogP contribution in [-0.4, -0.2) is 52.3 Å². The summed E-state index contributed by atoms with van der Waals surface area (Å²) in [7, 11) is -1.82. The lowest BCUT2D eigenvalue weighted by Gasteiger charge is -2.37. The van der Waals surface area contributed by atoms with Crippen LogP contribution in [0.2, 0.25) is 18.1 Å². The fourth-order valence-electron chi connectivity index (χ4n) is 4.06. The Morgan fingerprint density at radius 3 is 2.54 bits per heavy atom. The minimum Gasteiger partial charge on any atom is -0.414 e. The molecule has 0 aromatic heterocycles. The summed E-state index contributed by atoms with van der Waals surface area (Å²) in [6.45, 7) is 15.5. The highest BCUT2D eigenvalue weighted by atomic mass is 28.4. The number of hydrogen-bond donors (Lipinski definition) is 2. The zero-order chi connectivity index (χ0) is 19.0. The van der Waals surface area contributed by atoms with Crippen LogP contribution in [0.4, 0.5) is 5.69 Å². The maximum Gasteiger partial charge on any atom is 0.192 e. The number of anilines is 1. The second-order valence-corrected chi connectivity index (χ2v) is 14.5. The molecule has 1 fully saturated rings. The summed E-state index contributed by atoms with van der Waals surface area (Å²) in [4.78, 5) is 2.39. The van der Waals surface area contributed by atoms with Gasteiger partial charge in [0.05, 0.1) is 12.7 Å². The number of fused-ring (bicyclic) bond motifs is 2. The van der Waals surface area contributed by atoms with Crippen molar-refractivity contribution in [3.8, 4) is 0 Å². The van der Waals surface area contributed by atoms with Crippen LogP contribution < -0.4 is 10.2 Å². The van der Waals surface area contributed by atoms with Crippen molar-refractivity contribution in [3.63, 3.8) is 0 Å². The van der Waals surface area contributed by atoms with Crippen molar-refractivity contribution in [2.24, 2.45) is 0 Å². The lowest BCUT2D eigenvalue weighted by atomic mass is 9.75. The third-order valence-corrected chi connectivity index (χ3v) is 11.2. The van der Waals surface area contributed by atoms with E-state index in [0.29, 0.717) is 13.2 Å². The topological polar surface area (TPSA) is 44.7 Å². The van der Waals surface area contributed by atoms with Crippen molar-refractivity contribution in [3.05, 3.63) is 29.8 Å². The molecule has 0 unspecified atom stereocenters. The summed E-state index contributed by atoms with van der Waals surface area (Å²) in [5.41, 5.74) is 3.03. The number of rotatable bonds is 5. The smallest absolute Gasteiger partial charge is 0.192 e. The molecule has 1 atom stereocenters. The van der Waals surface area contributed by atoms with E-state index in [1.54, 1.807) is 0 Å². The molecule has 2 heterocycles. The van der Waals surface area contributed by atoms with Gasteiger partial charge in [-0.1, -0.05) is 39.0 Å². The van der Waals surface area contributed by atoms with E-state index in [0.717, 1.165) is 19.6 Å². The number of benzene rings is 1. The second kappa shape index (κ2) is 7.27. The van der Waals surface area contributed by atoms with Gasteiger partial charge in [-0.05, 0) is 55.7 Å². The molecular weight excluding hydrogens is 340 g/mol. The van der Waals surface area contributed by atoms with Gasteiger partial charge in [0.1, 0.15) is 0 Å². The average Bonchev–Trinajstić information content (AvgIpc) is 2.87. The van der Waals surface area contributed by atoms with Gasteiger partial charge in [0.2, 0.25) is 0 Å². The third-order valence-electron chi connectivity index (χ3n) is 6.74. The average molecular weight is 377 g/mol. The lowest BCUT2D eigenvalue weighted by Crippen LogP contribution is -2.46. The first-order chi connectivity index (χ1) is 12.1. The monoisotopic (exact) mass is 376 g/mol. The van der Waals surface area contributed by atoms with Gasteiger partial charge in [0, 0.05) is 24.2 Å². The van der Waals surface area contributed by atoms with Crippen LogP contribution in [0.1, 0.15) is 39.2 Å². The molecule has 146 valence electrons. The quantitative estimate of drug-likeness (QED) is 0.772. The molecule has 3 rings (SSSR count).